The summed E-state index contributed by atoms with van der Waals surface area (Å²) < 4.78 is 5.52. The predicted octanol–water partition coefficient (Wildman–Crippen LogP) is 25.1. The van der Waals surface area contributed by atoms with E-state index in [-0.39, 0.29) is 18.5 Å². The summed E-state index contributed by atoms with van der Waals surface area (Å²) in [4.78, 5) is 24.6. The Morgan fingerprint density at radius 2 is 0.566 bits per heavy atom. The molecule has 0 aromatic rings. The lowest BCUT2D eigenvalue weighted by Gasteiger charge is -2.22. The largest absolute Gasteiger partial charge is 0.466 e. The second-order valence-electron chi connectivity index (χ2n) is 26.7. The average molecular weight is 1170 g/mol. The topological polar surface area (TPSA) is 95.9 Å². The summed E-state index contributed by atoms with van der Waals surface area (Å²) in [6, 6.07) is -0.536. The lowest BCUT2D eigenvalue weighted by Crippen LogP contribution is -2.45. The first-order valence-corrected chi connectivity index (χ1v) is 38.4. The summed E-state index contributed by atoms with van der Waals surface area (Å²) >= 11 is 0. The van der Waals surface area contributed by atoms with Crippen molar-refractivity contribution in [3.8, 4) is 0 Å². The van der Waals surface area contributed by atoms with E-state index in [4.69, 9.17) is 4.74 Å². The first-order valence-electron chi connectivity index (χ1n) is 38.4. The summed E-state index contributed by atoms with van der Waals surface area (Å²) in [5.41, 5.74) is 0. The summed E-state index contributed by atoms with van der Waals surface area (Å²) in [5, 5.41) is 23.2. The molecule has 83 heavy (non-hydrogen) atoms. The fraction of sp³-hybridized carbons (Fsp3) is 0.948. The van der Waals surface area contributed by atoms with Gasteiger partial charge in [0.25, 0.3) is 0 Å². The van der Waals surface area contributed by atoms with Crippen molar-refractivity contribution in [1.82, 2.24) is 5.32 Å². The lowest BCUT2D eigenvalue weighted by atomic mass is 10.0. The van der Waals surface area contributed by atoms with Crippen LogP contribution in [0.25, 0.3) is 0 Å². The summed E-state index contributed by atoms with van der Waals surface area (Å²) in [7, 11) is 0. The molecule has 0 saturated heterocycles. The molecule has 0 aromatic heterocycles. The van der Waals surface area contributed by atoms with Crippen LogP contribution in [-0.2, 0) is 14.3 Å². The van der Waals surface area contributed by atoms with Gasteiger partial charge in [0.15, 0.2) is 0 Å². The number of unbranched alkanes of at least 4 members (excludes halogenated alkanes) is 60. The molecule has 0 heterocycles. The number of ether oxygens (including phenoxy) is 1. The molecule has 0 spiro atoms. The zero-order chi connectivity index (χ0) is 59.9. The van der Waals surface area contributed by atoms with Gasteiger partial charge in [-0.25, -0.2) is 0 Å². The van der Waals surface area contributed by atoms with Crippen LogP contribution in [0.5, 0.6) is 0 Å². The minimum atomic E-state index is -0.659. The SMILES string of the molecule is CCCCCCCCCCCCCCCCCCCCC(=O)OCCCCCCCCCCCCCCCCCC/C=C\CCCCCCCCCCCCCCCCCCCC(=O)NC(CO)C(O)CCCCCCCCCCCCC. The van der Waals surface area contributed by atoms with Gasteiger partial charge in [0.2, 0.25) is 5.91 Å². The van der Waals surface area contributed by atoms with Crippen molar-refractivity contribution in [2.75, 3.05) is 13.2 Å². The number of aliphatic hydroxyl groups is 2. The van der Waals surface area contributed by atoms with Crippen molar-refractivity contribution < 1.29 is 24.5 Å². The molecule has 0 aromatic carbocycles. The van der Waals surface area contributed by atoms with Crippen LogP contribution in [-0.4, -0.2) is 47.4 Å². The Kier molecular flexibility index (Phi) is 71.8. The van der Waals surface area contributed by atoms with Crippen LogP contribution in [0.3, 0.4) is 0 Å². The van der Waals surface area contributed by atoms with Crippen molar-refractivity contribution in [3.05, 3.63) is 12.2 Å². The van der Waals surface area contributed by atoms with E-state index < -0.39 is 12.1 Å². The molecular weight excluding hydrogens is 1020 g/mol. The van der Waals surface area contributed by atoms with Gasteiger partial charge in [-0.3, -0.25) is 9.59 Å². The third-order valence-electron chi connectivity index (χ3n) is 18.3. The maximum Gasteiger partial charge on any atom is 0.305 e. The van der Waals surface area contributed by atoms with Gasteiger partial charge in [-0.15, -0.1) is 0 Å². The minimum absolute atomic E-state index is 0.0269. The number of aliphatic hydroxyl groups excluding tert-OH is 2. The molecule has 6 nitrogen and oxygen atoms in total. The maximum absolute atomic E-state index is 12.5. The van der Waals surface area contributed by atoms with Gasteiger partial charge < -0.3 is 20.3 Å². The zero-order valence-electron chi connectivity index (χ0n) is 56.7. The second-order valence-corrected chi connectivity index (χ2v) is 26.7. The number of hydrogen-bond acceptors (Lipinski definition) is 5. The minimum Gasteiger partial charge on any atom is -0.466 e. The molecular formula is C77H151NO5. The molecule has 0 aliphatic carbocycles. The monoisotopic (exact) mass is 1170 g/mol. The van der Waals surface area contributed by atoms with E-state index >= 15 is 0 Å². The van der Waals surface area contributed by atoms with Crippen LogP contribution in [0.15, 0.2) is 12.2 Å². The molecule has 0 fully saturated rings. The standard InChI is InChI=1S/C77H151NO5/c1-3-5-7-9-11-13-15-16-17-18-41-44-47-51-55-59-63-67-71-77(82)83-72-68-64-60-56-52-48-45-42-39-37-35-33-31-29-27-25-23-21-19-20-22-24-26-28-30-32-34-36-38-40-43-46-50-54-58-62-66-70-76(81)78-74(73-79)75(80)69-65-61-57-53-49-14-12-10-8-6-4-2/h19,21,74-75,79-80H,3-18,20,22-73H2,1-2H3,(H,78,81)/b21-19-. The maximum atomic E-state index is 12.5. The Morgan fingerprint density at radius 3 is 0.855 bits per heavy atom. The van der Waals surface area contributed by atoms with E-state index in [1.165, 1.54) is 372 Å². The Balaban J connectivity index is 3.29. The van der Waals surface area contributed by atoms with E-state index in [9.17, 15) is 19.8 Å². The van der Waals surface area contributed by atoms with Crippen molar-refractivity contribution >= 4 is 11.9 Å². The van der Waals surface area contributed by atoms with E-state index in [1.807, 2.05) is 0 Å². The molecule has 0 aliphatic heterocycles. The van der Waals surface area contributed by atoms with Gasteiger partial charge in [0.05, 0.1) is 25.4 Å². The molecule has 0 saturated carbocycles. The van der Waals surface area contributed by atoms with Crippen LogP contribution < -0.4 is 5.32 Å². The third kappa shape index (κ3) is 69.6. The van der Waals surface area contributed by atoms with E-state index in [0.29, 0.717) is 25.9 Å². The summed E-state index contributed by atoms with van der Waals surface area (Å²) in [5.74, 6) is -0.00249. The molecule has 0 aliphatic rings. The highest BCUT2D eigenvalue weighted by atomic mass is 16.5. The highest BCUT2D eigenvalue weighted by molar-refractivity contribution is 5.76. The predicted molar refractivity (Wildman–Crippen MR) is 366 cm³/mol. The van der Waals surface area contributed by atoms with Gasteiger partial charge >= 0.3 is 5.97 Å². The van der Waals surface area contributed by atoms with Gasteiger partial charge in [-0.2, -0.15) is 0 Å². The van der Waals surface area contributed by atoms with Crippen molar-refractivity contribution in [1.29, 1.82) is 0 Å². The number of carbonyl (C=O) groups is 2. The fourth-order valence-corrected chi connectivity index (χ4v) is 12.5. The van der Waals surface area contributed by atoms with Gasteiger partial charge in [-0.05, 0) is 51.4 Å². The number of esters is 1. The fourth-order valence-electron chi connectivity index (χ4n) is 12.5. The Bertz CT molecular complexity index is 1260. The number of rotatable bonds is 73. The van der Waals surface area contributed by atoms with Crippen LogP contribution in [0.1, 0.15) is 444 Å². The summed E-state index contributed by atoms with van der Waals surface area (Å²) in [6.45, 7) is 4.99. The Hall–Kier alpha value is -1.40. The first kappa shape index (κ1) is 81.6. The molecule has 6 heteroatoms. The highest BCUT2D eigenvalue weighted by Gasteiger charge is 2.20. The molecule has 3 N–H and O–H groups in total. The van der Waals surface area contributed by atoms with E-state index in [0.717, 1.165) is 38.5 Å². The number of amides is 1. The molecule has 1 amide bonds. The third-order valence-corrected chi connectivity index (χ3v) is 18.3. The van der Waals surface area contributed by atoms with Gasteiger partial charge in [-0.1, -0.05) is 392 Å². The lowest BCUT2D eigenvalue weighted by molar-refractivity contribution is -0.143. The Labute approximate surface area is 520 Å². The number of allylic oxidation sites excluding steroid dienone is 2. The molecule has 494 valence electrons. The van der Waals surface area contributed by atoms with E-state index in [1.54, 1.807) is 0 Å². The zero-order valence-corrected chi connectivity index (χ0v) is 56.7. The summed E-state index contributed by atoms with van der Waals surface area (Å²) in [6.07, 6.45) is 91.7. The smallest absolute Gasteiger partial charge is 0.305 e. The highest BCUT2D eigenvalue weighted by Crippen LogP contribution is 2.20. The molecule has 2 unspecified atom stereocenters. The number of carbonyl (C=O) groups excluding carboxylic acids is 2. The van der Waals surface area contributed by atoms with Crippen LogP contribution in [0, 0.1) is 0 Å². The quantitative estimate of drug-likeness (QED) is 0.0320. The molecule has 0 bridgehead atoms. The molecule has 0 radical (unpaired) electrons. The van der Waals surface area contributed by atoms with Crippen molar-refractivity contribution in [3.63, 3.8) is 0 Å². The van der Waals surface area contributed by atoms with Crippen LogP contribution in [0.2, 0.25) is 0 Å². The second kappa shape index (κ2) is 73.1. The molecule has 2 atom stereocenters. The number of nitrogens with one attached hydrogen (secondary N) is 1. The average Bonchev–Trinajstić information content (AvgIpc) is 3.49. The normalized spacial score (nSPS) is 12.5. The van der Waals surface area contributed by atoms with Crippen molar-refractivity contribution in [2.45, 2.75) is 456 Å². The Morgan fingerprint density at radius 1 is 0.325 bits per heavy atom. The number of hydrogen-bond donors (Lipinski definition) is 3. The van der Waals surface area contributed by atoms with E-state index in [2.05, 4.69) is 31.3 Å². The van der Waals surface area contributed by atoms with Gasteiger partial charge in [0.1, 0.15) is 0 Å². The van der Waals surface area contributed by atoms with Gasteiger partial charge in [0, 0.05) is 12.8 Å². The van der Waals surface area contributed by atoms with Crippen LogP contribution in [0.4, 0.5) is 0 Å². The molecule has 0 rings (SSSR count). The van der Waals surface area contributed by atoms with Crippen molar-refractivity contribution in [2.24, 2.45) is 0 Å². The van der Waals surface area contributed by atoms with Crippen LogP contribution >= 0.6 is 0 Å². The first-order chi connectivity index (χ1) is 41.0.